The van der Waals surface area contributed by atoms with Gasteiger partial charge < -0.3 is 10.6 Å². The molecule has 0 aromatic heterocycles. The Hall–Kier alpha value is -0.630. The highest BCUT2D eigenvalue weighted by molar-refractivity contribution is 5.15. The maximum atomic E-state index is 9.40. The van der Waals surface area contributed by atoms with Gasteiger partial charge in [-0.2, -0.15) is 5.26 Å². The van der Waals surface area contributed by atoms with Crippen molar-refractivity contribution in [2.45, 2.75) is 44.2 Å². The van der Waals surface area contributed by atoms with E-state index in [9.17, 15) is 5.26 Å². The summed E-state index contributed by atoms with van der Waals surface area (Å²) in [6.07, 6.45) is 4.58. The first-order valence-corrected chi connectivity index (χ1v) is 7.21. The first-order valence-electron chi connectivity index (χ1n) is 7.21. The molecule has 18 heavy (non-hydrogen) atoms. The Morgan fingerprint density at radius 2 is 2.11 bits per heavy atom. The minimum Gasteiger partial charge on any atom is -0.312 e. The van der Waals surface area contributed by atoms with E-state index in [-0.39, 0.29) is 0 Å². The van der Waals surface area contributed by atoms with E-state index in [1.54, 1.807) is 0 Å². The summed E-state index contributed by atoms with van der Waals surface area (Å²) in [7, 11) is 2.19. The van der Waals surface area contributed by atoms with Crippen molar-refractivity contribution in [2.24, 2.45) is 11.7 Å². The molecule has 2 aliphatic rings. The number of likely N-dealkylation sites (N-methyl/N-ethyl adjacent to an activating group) is 1. The van der Waals surface area contributed by atoms with Crippen molar-refractivity contribution in [1.29, 1.82) is 5.26 Å². The molecule has 4 heteroatoms. The molecule has 2 atom stereocenters. The molecule has 1 saturated carbocycles. The summed E-state index contributed by atoms with van der Waals surface area (Å²) < 4.78 is 0. The van der Waals surface area contributed by atoms with Crippen LogP contribution in [0.3, 0.4) is 0 Å². The fourth-order valence-corrected chi connectivity index (χ4v) is 3.08. The van der Waals surface area contributed by atoms with Gasteiger partial charge in [0.15, 0.2) is 0 Å². The van der Waals surface area contributed by atoms with Crippen LogP contribution in [0, 0.1) is 17.2 Å². The first kappa shape index (κ1) is 13.8. The van der Waals surface area contributed by atoms with Gasteiger partial charge in [0.1, 0.15) is 5.54 Å². The Morgan fingerprint density at radius 1 is 1.39 bits per heavy atom. The molecule has 2 rings (SSSR count). The summed E-state index contributed by atoms with van der Waals surface area (Å²) in [5, 5.41) is 9.40. The zero-order valence-corrected chi connectivity index (χ0v) is 11.7. The van der Waals surface area contributed by atoms with Crippen LogP contribution < -0.4 is 5.73 Å². The molecule has 2 unspecified atom stereocenters. The highest BCUT2D eigenvalue weighted by Crippen LogP contribution is 2.38. The number of hydrogen-bond donors (Lipinski definition) is 1. The maximum Gasteiger partial charge on any atom is 0.119 e. The summed E-state index contributed by atoms with van der Waals surface area (Å²) in [6.45, 7) is 6.32. The first-order chi connectivity index (χ1) is 8.59. The fourth-order valence-electron chi connectivity index (χ4n) is 3.08. The van der Waals surface area contributed by atoms with Gasteiger partial charge >= 0.3 is 0 Å². The second-order valence-electron chi connectivity index (χ2n) is 6.07. The number of nitriles is 1. The molecule has 2 fully saturated rings. The van der Waals surface area contributed by atoms with Crippen molar-refractivity contribution in [3.8, 4) is 6.07 Å². The van der Waals surface area contributed by atoms with Gasteiger partial charge in [-0.05, 0) is 51.7 Å². The van der Waals surface area contributed by atoms with E-state index in [1.165, 1.54) is 6.42 Å². The van der Waals surface area contributed by atoms with E-state index in [1.807, 2.05) is 0 Å². The largest absolute Gasteiger partial charge is 0.312 e. The molecule has 4 nitrogen and oxygen atoms in total. The second-order valence-corrected chi connectivity index (χ2v) is 6.07. The highest BCUT2D eigenvalue weighted by Gasteiger charge is 2.44. The molecule has 0 aromatic carbocycles. The monoisotopic (exact) mass is 250 g/mol. The normalized spacial score (nSPS) is 30.4. The maximum absolute atomic E-state index is 9.40. The SMILES string of the molecule is CCC1CN(C)CCCN1CC(N)(C#N)C1CC1. The smallest absolute Gasteiger partial charge is 0.119 e. The van der Waals surface area contributed by atoms with Crippen molar-refractivity contribution in [1.82, 2.24) is 9.80 Å². The van der Waals surface area contributed by atoms with Crippen molar-refractivity contribution in [3.63, 3.8) is 0 Å². The fraction of sp³-hybridized carbons (Fsp3) is 0.929. The number of nitrogens with zero attached hydrogens (tertiary/aromatic N) is 3. The van der Waals surface area contributed by atoms with Gasteiger partial charge in [0.05, 0.1) is 6.07 Å². The van der Waals surface area contributed by atoms with Crippen LogP contribution in [0.4, 0.5) is 0 Å². The van der Waals surface area contributed by atoms with Crippen molar-refractivity contribution >= 4 is 0 Å². The minimum atomic E-state index is -0.615. The molecule has 2 N–H and O–H groups in total. The van der Waals surface area contributed by atoms with Crippen LogP contribution in [-0.4, -0.2) is 54.6 Å². The van der Waals surface area contributed by atoms with Crippen LogP contribution in [0.5, 0.6) is 0 Å². The molecule has 1 saturated heterocycles. The average molecular weight is 250 g/mol. The standard InChI is InChI=1S/C14H26N4/c1-3-13-9-17(2)7-4-8-18(13)11-14(16,10-15)12-5-6-12/h12-13H,3-9,11,16H2,1-2H3. The summed E-state index contributed by atoms with van der Waals surface area (Å²) in [4.78, 5) is 4.86. The zero-order valence-electron chi connectivity index (χ0n) is 11.7. The van der Waals surface area contributed by atoms with Gasteiger partial charge in [-0.25, -0.2) is 0 Å². The third-order valence-electron chi connectivity index (χ3n) is 4.47. The molecule has 1 aliphatic heterocycles. The Bertz CT molecular complexity index is 320. The third-order valence-corrected chi connectivity index (χ3v) is 4.47. The molecule has 0 aromatic rings. The Balaban J connectivity index is 2.03. The number of nitrogens with two attached hydrogens (primary N) is 1. The van der Waals surface area contributed by atoms with E-state index in [2.05, 4.69) is 29.8 Å². The molecule has 0 amide bonds. The van der Waals surface area contributed by atoms with E-state index < -0.39 is 5.54 Å². The highest BCUT2D eigenvalue weighted by atomic mass is 15.2. The molecule has 0 spiro atoms. The molecular weight excluding hydrogens is 224 g/mol. The van der Waals surface area contributed by atoms with E-state index >= 15 is 0 Å². The zero-order chi connectivity index (χ0) is 13.2. The van der Waals surface area contributed by atoms with Gasteiger partial charge in [0.2, 0.25) is 0 Å². The van der Waals surface area contributed by atoms with Crippen molar-refractivity contribution in [2.75, 3.05) is 33.2 Å². The quantitative estimate of drug-likeness (QED) is 0.810. The number of hydrogen-bond acceptors (Lipinski definition) is 4. The van der Waals surface area contributed by atoms with E-state index in [4.69, 9.17) is 5.73 Å². The van der Waals surface area contributed by atoms with Gasteiger partial charge in [-0.15, -0.1) is 0 Å². The van der Waals surface area contributed by atoms with Gasteiger partial charge in [-0.1, -0.05) is 6.92 Å². The Kier molecular flexibility index (Phi) is 4.26. The Morgan fingerprint density at radius 3 is 2.67 bits per heavy atom. The molecule has 102 valence electrons. The van der Waals surface area contributed by atoms with Gasteiger partial charge in [-0.3, -0.25) is 4.90 Å². The van der Waals surface area contributed by atoms with Crippen LogP contribution in [0.1, 0.15) is 32.6 Å². The van der Waals surface area contributed by atoms with Gasteiger partial charge in [0.25, 0.3) is 0 Å². The second kappa shape index (κ2) is 5.56. The van der Waals surface area contributed by atoms with Crippen LogP contribution in [0.25, 0.3) is 0 Å². The number of rotatable bonds is 4. The van der Waals surface area contributed by atoms with E-state index in [0.29, 0.717) is 12.0 Å². The summed E-state index contributed by atoms with van der Waals surface area (Å²) in [5.41, 5.74) is 5.70. The minimum absolute atomic E-state index is 0.431. The molecular formula is C14H26N4. The molecule has 1 aliphatic carbocycles. The van der Waals surface area contributed by atoms with Crippen LogP contribution in [0.15, 0.2) is 0 Å². The average Bonchev–Trinajstić information content (AvgIpc) is 3.18. The predicted octanol–water partition coefficient (Wildman–Crippen LogP) is 1.03. The summed E-state index contributed by atoms with van der Waals surface area (Å²) in [6, 6.07) is 2.94. The third kappa shape index (κ3) is 3.03. The van der Waals surface area contributed by atoms with Crippen molar-refractivity contribution in [3.05, 3.63) is 0 Å². The molecule has 1 heterocycles. The van der Waals surface area contributed by atoms with Crippen molar-refractivity contribution < 1.29 is 0 Å². The lowest BCUT2D eigenvalue weighted by molar-refractivity contribution is 0.153. The Labute approximate surface area is 111 Å². The summed E-state index contributed by atoms with van der Waals surface area (Å²) >= 11 is 0. The lowest BCUT2D eigenvalue weighted by Gasteiger charge is -2.35. The lowest BCUT2D eigenvalue weighted by atomic mass is 9.94. The van der Waals surface area contributed by atoms with Crippen LogP contribution in [0.2, 0.25) is 0 Å². The topological polar surface area (TPSA) is 56.3 Å². The van der Waals surface area contributed by atoms with Crippen LogP contribution >= 0.6 is 0 Å². The molecule has 0 bridgehead atoms. The van der Waals surface area contributed by atoms with Gasteiger partial charge in [0, 0.05) is 19.1 Å². The molecule has 0 radical (unpaired) electrons. The lowest BCUT2D eigenvalue weighted by Crippen LogP contribution is -2.54. The van der Waals surface area contributed by atoms with Crippen LogP contribution in [-0.2, 0) is 0 Å². The summed E-state index contributed by atoms with van der Waals surface area (Å²) in [5.74, 6) is 0.431. The predicted molar refractivity (Wildman–Crippen MR) is 73.0 cm³/mol. The van der Waals surface area contributed by atoms with E-state index in [0.717, 1.165) is 45.4 Å².